The Hall–Kier alpha value is -2.23. The van der Waals surface area contributed by atoms with E-state index in [0.717, 1.165) is 5.56 Å². The number of sulfonamides is 1. The first kappa shape index (κ1) is 20.5. The average Bonchev–Trinajstić information content (AvgIpc) is 3.01. The summed E-state index contributed by atoms with van der Waals surface area (Å²) in [6, 6.07) is 14.6. The fourth-order valence-corrected chi connectivity index (χ4v) is 5.56. The number of amides is 1. The standard InChI is InChI=1S/C19H22N2O5S2/c20-28(25,26)18-8-6-15(7-9-18)10-12-21(17-11-13-27(23,24)14-17)19(22)16-4-2-1-3-5-16/h1-9,17H,10-14H2,(H2,20,25,26). The van der Waals surface area contributed by atoms with E-state index >= 15 is 0 Å². The normalized spacial score (nSPS) is 18.7. The van der Waals surface area contributed by atoms with Crippen molar-refractivity contribution in [3.05, 3.63) is 65.7 Å². The minimum Gasteiger partial charge on any atom is -0.334 e. The van der Waals surface area contributed by atoms with Crippen LogP contribution >= 0.6 is 0 Å². The zero-order valence-corrected chi connectivity index (χ0v) is 16.8. The van der Waals surface area contributed by atoms with Crippen molar-refractivity contribution in [3.8, 4) is 0 Å². The third kappa shape index (κ3) is 4.98. The Morgan fingerprint density at radius 3 is 2.25 bits per heavy atom. The molecule has 0 spiro atoms. The first-order valence-corrected chi connectivity index (χ1v) is 12.2. The number of carbonyl (C=O) groups excluding carboxylic acids is 1. The van der Waals surface area contributed by atoms with Crippen molar-refractivity contribution < 1.29 is 21.6 Å². The number of benzene rings is 2. The molecule has 2 aromatic rings. The molecule has 150 valence electrons. The van der Waals surface area contributed by atoms with Crippen molar-refractivity contribution in [1.29, 1.82) is 0 Å². The molecule has 1 amide bonds. The summed E-state index contributed by atoms with van der Waals surface area (Å²) in [5.41, 5.74) is 1.34. The number of primary sulfonamides is 1. The zero-order valence-electron chi connectivity index (χ0n) is 15.2. The van der Waals surface area contributed by atoms with Gasteiger partial charge in [0.2, 0.25) is 10.0 Å². The van der Waals surface area contributed by atoms with E-state index in [1.54, 1.807) is 41.3 Å². The highest BCUT2D eigenvalue weighted by Gasteiger charge is 2.34. The fraction of sp³-hybridized carbons (Fsp3) is 0.316. The van der Waals surface area contributed by atoms with Gasteiger partial charge in [-0.3, -0.25) is 4.79 Å². The van der Waals surface area contributed by atoms with Gasteiger partial charge in [-0.1, -0.05) is 30.3 Å². The summed E-state index contributed by atoms with van der Waals surface area (Å²) in [6.45, 7) is 0.336. The van der Waals surface area contributed by atoms with Gasteiger partial charge in [0.05, 0.1) is 16.4 Å². The Bertz CT molecular complexity index is 1050. The summed E-state index contributed by atoms with van der Waals surface area (Å²) >= 11 is 0. The third-order valence-electron chi connectivity index (χ3n) is 4.82. The Balaban J connectivity index is 1.78. The molecule has 0 bridgehead atoms. The van der Waals surface area contributed by atoms with Crippen LogP contribution in [0.15, 0.2) is 59.5 Å². The van der Waals surface area contributed by atoms with Crippen LogP contribution in [-0.2, 0) is 26.3 Å². The molecule has 1 unspecified atom stereocenters. The predicted molar refractivity (Wildman–Crippen MR) is 106 cm³/mol. The molecule has 3 rings (SSSR count). The van der Waals surface area contributed by atoms with Gasteiger partial charge in [0.1, 0.15) is 0 Å². The summed E-state index contributed by atoms with van der Waals surface area (Å²) in [6.07, 6.45) is 0.894. The van der Waals surface area contributed by atoms with Gasteiger partial charge in [0.25, 0.3) is 5.91 Å². The largest absolute Gasteiger partial charge is 0.334 e. The number of rotatable bonds is 6. The van der Waals surface area contributed by atoms with Crippen LogP contribution in [0.25, 0.3) is 0 Å². The molecule has 0 saturated carbocycles. The van der Waals surface area contributed by atoms with E-state index < -0.39 is 19.9 Å². The van der Waals surface area contributed by atoms with E-state index in [4.69, 9.17) is 5.14 Å². The average molecular weight is 423 g/mol. The maximum absolute atomic E-state index is 13.0. The molecule has 1 heterocycles. The Kier molecular flexibility index (Phi) is 5.87. The molecule has 1 fully saturated rings. The molecule has 1 atom stereocenters. The Morgan fingerprint density at radius 2 is 1.71 bits per heavy atom. The summed E-state index contributed by atoms with van der Waals surface area (Å²) in [5, 5.41) is 5.10. The molecule has 9 heteroatoms. The second kappa shape index (κ2) is 8.02. The lowest BCUT2D eigenvalue weighted by Crippen LogP contribution is -2.42. The summed E-state index contributed by atoms with van der Waals surface area (Å²) < 4.78 is 46.5. The molecular weight excluding hydrogens is 400 g/mol. The van der Waals surface area contributed by atoms with Crippen molar-refractivity contribution >= 4 is 25.8 Å². The van der Waals surface area contributed by atoms with Gasteiger partial charge >= 0.3 is 0 Å². The van der Waals surface area contributed by atoms with Gasteiger partial charge in [-0.05, 0) is 42.7 Å². The second-order valence-electron chi connectivity index (χ2n) is 6.86. The quantitative estimate of drug-likeness (QED) is 0.751. The number of nitrogens with zero attached hydrogens (tertiary/aromatic N) is 1. The van der Waals surface area contributed by atoms with Crippen LogP contribution in [0.2, 0.25) is 0 Å². The maximum Gasteiger partial charge on any atom is 0.254 e. The number of nitrogens with two attached hydrogens (primary N) is 1. The van der Waals surface area contributed by atoms with Crippen LogP contribution in [0.5, 0.6) is 0 Å². The van der Waals surface area contributed by atoms with Crippen LogP contribution in [0.4, 0.5) is 0 Å². The summed E-state index contributed by atoms with van der Waals surface area (Å²) in [5.74, 6) is -0.154. The van der Waals surface area contributed by atoms with E-state index in [1.165, 1.54) is 12.1 Å². The topological polar surface area (TPSA) is 115 Å². The number of hydrogen-bond acceptors (Lipinski definition) is 5. The first-order valence-electron chi connectivity index (χ1n) is 8.84. The minimum atomic E-state index is -3.76. The SMILES string of the molecule is NS(=O)(=O)c1ccc(CCN(C(=O)c2ccccc2)C2CCS(=O)(=O)C2)cc1. The highest BCUT2D eigenvalue weighted by Crippen LogP contribution is 2.21. The molecule has 1 aliphatic heterocycles. The molecule has 2 N–H and O–H groups in total. The highest BCUT2D eigenvalue weighted by atomic mass is 32.2. The predicted octanol–water partition coefficient (Wildman–Crippen LogP) is 1.21. The van der Waals surface area contributed by atoms with Crippen LogP contribution in [0.1, 0.15) is 22.3 Å². The van der Waals surface area contributed by atoms with E-state index in [-0.39, 0.29) is 28.4 Å². The molecular formula is C19H22N2O5S2. The van der Waals surface area contributed by atoms with E-state index in [9.17, 15) is 21.6 Å². The van der Waals surface area contributed by atoms with Crippen molar-refractivity contribution in [2.45, 2.75) is 23.8 Å². The molecule has 1 aliphatic rings. The fourth-order valence-electron chi connectivity index (χ4n) is 3.31. The highest BCUT2D eigenvalue weighted by molar-refractivity contribution is 7.91. The van der Waals surface area contributed by atoms with Gasteiger partial charge in [0, 0.05) is 18.2 Å². The molecule has 1 saturated heterocycles. The third-order valence-corrected chi connectivity index (χ3v) is 7.50. The minimum absolute atomic E-state index is 0.0235. The van der Waals surface area contributed by atoms with Crippen molar-refractivity contribution in [1.82, 2.24) is 4.90 Å². The Morgan fingerprint density at radius 1 is 1.07 bits per heavy atom. The van der Waals surface area contributed by atoms with E-state index in [2.05, 4.69) is 0 Å². The van der Waals surface area contributed by atoms with Crippen molar-refractivity contribution in [3.63, 3.8) is 0 Å². The van der Waals surface area contributed by atoms with Gasteiger partial charge in [-0.25, -0.2) is 22.0 Å². The van der Waals surface area contributed by atoms with E-state index in [1.807, 2.05) is 6.07 Å². The number of hydrogen-bond donors (Lipinski definition) is 1. The molecule has 2 aromatic carbocycles. The molecule has 0 radical (unpaired) electrons. The summed E-state index contributed by atoms with van der Waals surface area (Å²) in [4.78, 5) is 14.6. The maximum atomic E-state index is 13.0. The lowest BCUT2D eigenvalue weighted by atomic mass is 10.1. The van der Waals surface area contributed by atoms with Crippen LogP contribution in [-0.4, -0.2) is 51.7 Å². The van der Waals surface area contributed by atoms with Crippen LogP contribution in [0.3, 0.4) is 0 Å². The van der Waals surface area contributed by atoms with Crippen molar-refractivity contribution in [2.75, 3.05) is 18.1 Å². The van der Waals surface area contributed by atoms with E-state index in [0.29, 0.717) is 24.9 Å². The Labute approximate surface area is 165 Å². The molecule has 28 heavy (non-hydrogen) atoms. The van der Waals surface area contributed by atoms with Crippen molar-refractivity contribution in [2.24, 2.45) is 5.14 Å². The molecule has 0 aliphatic carbocycles. The first-order chi connectivity index (χ1) is 13.2. The van der Waals surface area contributed by atoms with Gasteiger partial charge in [0.15, 0.2) is 9.84 Å². The molecule has 7 nitrogen and oxygen atoms in total. The van der Waals surface area contributed by atoms with Gasteiger partial charge in [-0.2, -0.15) is 0 Å². The lowest BCUT2D eigenvalue weighted by Gasteiger charge is -2.28. The summed E-state index contributed by atoms with van der Waals surface area (Å²) in [7, 11) is -6.89. The lowest BCUT2D eigenvalue weighted by molar-refractivity contribution is 0.0699. The van der Waals surface area contributed by atoms with Crippen LogP contribution < -0.4 is 5.14 Å². The van der Waals surface area contributed by atoms with Gasteiger partial charge < -0.3 is 4.90 Å². The second-order valence-corrected chi connectivity index (χ2v) is 10.7. The molecule has 0 aromatic heterocycles. The van der Waals surface area contributed by atoms with Crippen LogP contribution in [0, 0.1) is 0 Å². The monoisotopic (exact) mass is 422 g/mol. The number of carbonyl (C=O) groups is 1. The number of sulfone groups is 1. The zero-order chi connectivity index (χ0) is 20.4. The van der Waals surface area contributed by atoms with Gasteiger partial charge in [-0.15, -0.1) is 0 Å². The smallest absolute Gasteiger partial charge is 0.254 e.